The number of benzene rings is 4. The highest BCUT2D eigenvalue weighted by Gasteiger charge is 2.37. The van der Waals surface area contributed by atoms with Crippen molar-refractivity contribution >= 4 is 17.9 Å². The number of hydrogen-bond acceptors (Lipinski definition) is 15. The summed E-state index contributed by atoms with van der Waals surface area (Å²) in [6.45, 7) is 14.2. The Morgan fingerprint density at radius 2 is 1.11 bits per heavy atom. The molecule has 22 nitrogen and oxygen atoms in total. The van der Waals surface area contributed by atoms with E-state index in [0.29, 0.717) is 58.7 Å². The lowest BCUT2D eigenvalue weighted by Crippen LogP contribution is -2.48. The molecule has 3 amide bonds. The summed E-state index contributed by atoms with van der Waals surface area (Å²) in [6.07, 6.45) is 4.53. The number of aliphatic hydroxyl groups is 2. The SMILES string of the molecule is CC1Cn2c(c(C(=O)NCc3ccccc3-c3ccncn3)n(-c3ccc(OC[C@@H](C)O)cc3)c2=O)CN1.CC1Cn2c(c(C(=O)NCc3ccccc3-c3ccncn3)n(-c3ccc(OC[C@@H](C)O)cc3)c2=O)CN1C(=O)OC(C)(C)C. The van der Waals surface area contributed by atoms with Gasteiger partial charge in [0.2, 0.25) is 0 Å². The number of imidazole rings is 2. The van der Waals surface area contributed by atoms with Crippen LogP contribution in [0.4, 0.5) is 4.79 Å². The van der Waals surface area contributed by atoms with E-state index in [2.05, 4.69) is 35.9 Å². The highest BCUT2D eigenvalue weighted by molar-refractivity contribution is 5.95. The summed E-state index contributed by atoms with van der Waals surface area (Å²) in [5.41, 5.74) is 6.04. The maximum atomic E-state index is 14.1. The average molecular weight is 1130 g/mol. The van der Waals surface area contributed by atoms with Crippen LogP contribution in [0.3, 0.4) is 0 Å². The fourth-order valence-electron chi connectivity index (χ4n) is 9.78. The smallest absolute Gasteiger partial charge is 0.410 e. The van der Waals surface area contributed by atoms with Crippen LogP contribution in [-0.4, -0.2) is 114 Å². The summed E-state index contributed by atoms with van der Waals surface area (Å²) in [7, 11) is 0. The summed E-state index contributed by atoms with van der Waals surface area (Å²) in [5.74, 6) is 0.244. The third-order valence-electron chi connectivity index (χ3n) is 13.7. The summed E-state index contributed by atoms with van der Waals surface area (Å²) in [5, 5.41) is 28.4. The van der Waals surface area contributed by atoms with Gasteiger partial charge in [-0.15, -0.1) is 0 Å². The Hall–Kier alpha value is -9.25. The third kappa shape index (κ3) is 13.7. The molecule has 10 rings (SSSR count). The molecule has 0 bridgehead atoms. The van der Waals surface area contributed by atoms with Crippen LogP contribution in [0, 0.1) is 0 Å². The molecule has 4 atom stereocenters. The molecule has 8 aromatic rings. The second-order valence-corrected chi connectivity index (χ2v) is 21.5. The molecule has 6 heterocycles. The summed E-state index contributed by atoms with van der Waals surface area (Å²) in [6, 6.07) is 32.3. The van der Waals surface area contributed by atoms with E-state index < -0.39 is 35.5 Å². The minimum Gasteiger partial charge on any atom is -0.491 e. The first-order valence-electron chi connectivity index (χ1n) is 27.3. The number of aliphatic hydroxyl groups excluding tert-OH is 2. The number of fused-ring (bicyclic) bond motifs is 2. The third-order valence-corrected chi connectivity index (χ3v) is 13.7. The van der Waals surface area contributed by atoms with Crippen LogP contribution in [0.25, 0.3) is 33.9 Å². The summed E-state index contributed by atoms with van der Waals surface area (Å²) < 4.78 is 22.8. The molecule has 0 fully saturated rings. The molecule has 4 aromatic carbocycles. The van der Waals surface area contributed by atoms with Gasteiger partial charge in [-0.05, 0) is 120 Å². The number of carbonyl (C=O) groups is 3. The monoisotopic (exact) mass is 1130 g/mol. The molecule has 0 saturated heterocycles. The van der Waals surface area contributed by atoms with Crippen LogP contribution < -0.4 is 36.8 Å². The number of nitrogens with one attached hydrogen (secondary N) is 3. The molecule has 0 spiro atoms. The molecule has 0 radical (unpaired) electrons. The lowest BCUT2D eigenvalue weighted by Gasteiger charge is -2.35. The first kappa shape index (κ1) is 58.4. The Kier molecular flexibility index (Phi) is 18.1. The molecule has 2 aliphatic heterocycles. The van der Waals surface area contributed by atoms with Crippen molar-refractivity contribution in [2.24, 2.45) is 0 Å². The van der Waals surface area contributed by atoms with Gasteiger partial charge in [0.1, 0.15) is 54.4 Å². The van der Waals surface area contributed by atoms with Crippen molar-refractivity contribution in [2.45, 2.75) is 118 Å². The van der Waals surface area contributed by atoms with Crippen LogP contribution in [0.1, 0.15) is 92.0 Å². The minimum atomic E-state index is -0.714. The first-order chi connectivity index (χ1) is 39.8. The molecule has 0 saturated carbocycles. The molecular formula is C61H68N12O10. The molecule has 22 heteroatoms. The van der Waals surface area contributed by atoms with Crippen molar-refractivity contribution in [2.75, 3.05) is 13.2 Å². The number of rotatable bonds is 16. The molecule has 4 aromatic heterocycles. The number of amides is 3. The van der Waals surface area contributed by atoms with Gasteiger partial charge in [-0.2, -0.15) is 0 Å². The van der Waals surface area contributed by atoms with E-state index in [0.717, 1.165) is 27.9 Å². The van der Waals surface area contributed by atoms with Gasteiger partial charge in [-0.1, -0.05) is 48.5 Å². The maximum absolute atomic E-state index is 14.1. The molecule has 83 heavy (non-hydrogen) atoms. The topological polar surface area (TPSA) is 264 Å². The van der Waals surface area contributed by atoms with E-state index in [1.54, 1.807) is 116 Å². The standard InChI is InChI=1S/C33H38N6O6.C28H30N6O4/c1-21-17-38-28(18-37(21)32(43)45-33(3,4)5)29(39(31(38)42)24-10-12-25(13-11-24)44-19-22(2)40)30(41)35-16-23-8-6-7-9-26(23)27-14-15-34-20-36-27;1-18-15-33-25(14-30-18)26(34(28(33)37)21-7-9-22(10-8-21)38-16-19(2)35)27(36)31-13-20-5-3-4-6-23(20)24-11-12-29-17-32-24/h6-15,20-22,40H,16-19H2,1-5H3,(H,35,41);3-12,17-19,30,35H,13-16H2,1-2H3,(H,31,36)/t21?,22-;18?,19-/m11/s1. The van der Waals surface area contributed by atoms with Gasteiger partial charge in [0.15, 0.2) is 0 Å². The number of nitrogens with zero attached hydrogens (tertiary/aromatic N) is 9. The van der Waals surface area contributed by atoms with Gasteiger partial charge in [-0.25, -0.2) is 34.3 Å². The van der Waals surface area contributed by atoms with Gasteiger partial charge in [0, 0.05) is 62.3 Å². The maximum Gasteiger partial charge on any atom is 0.410 e. The average Bonchev–Trinajstić information content (AvgIpc) is 1.89. The van der Waals surface area contributed by atoms with Crippen LogP contribution in [0.15, 0.2) is 144 Å². The zero-order valence-electron chi connectivity index (χ0n) is 47.4. The second kappa shape index (κ2) is 25.7. The predicted molar refractivity (Wildman–Crippen MR) is 309 cm³/mol. The van der Waals surface area contributed by atoms with Gasteiger partial charge < -0.3 is 40.4 Å². The lowest BCUT2D eigenvalue weighted by molar-refractivity contribution is 0.00949. The van der Waals surface area contributed by atoms with Crippen molar-refractivity contribution in [1.29, 1.82) is 0 Å². The van der Waals surface area contributed by atoms with E-state index in [9.17, 15) is 34.2 Å². The van der Waals surface area contributed by atoms with E-state index >= 15 is 0 Å². The van der Waals surface area contributed by atoms with E-state index in [1.165, 1.54) is 21.8 Å². The molecule has 2 unspecified atom stereocenters. The first-order valence-corrected chi connectivity index (χ1v) is 27.3. The summed E-state index contributed by atoms with van der Waals surface area (Å²) >= 11 is 0. The van der Waals surface area contributed by atoms with Crippen molar-refractivity contribution < 1.29 is 38.8 Å². The fourth-order valence-corrected chi connectivity index (χ4v) is 9.78. The Balaban J connectivity index is 0.000000202. The second-order valence-electron chi connectivity index (χ2n) is 21.5. The van der Waals surface area contributed by atoms with Gasteiger partial charge in [-0.3, -0.25) is 32.8 Å². The van der Waals surface area contributed by atoms with E-state index in [4.69, 9.17) is 14.2 Å². The van der Waals surface area contributed by atoms with Gasteiger partial charge >= 0.3 is 17.5 Å². The summed E-state index contributed by atoms with van der Waals surface area (Å²) in [4.78, 5) is 86.6. The number of aromatic nitrogens is 8. The number of ether oxygens (including phenoxy) is 3. The Bertz CT molecular complexity index is 3680. The van der Waals surface area contributed by atoms with Crippen LogP contribution >= 0.6 is 0 Å². The van der Waals surface area contributed by atoms with Crippen molar-refractivity contribution in [1.82, 2.24) is 59.1 Å². The normalized spacial score (nSPS) is 15.4. The Morgan fingerprint density at radius 3 is 1.55 bits per heavy atom. The Labute approximate surface area is 479 Å². The highest BCUT2D eigenvalue weighted by atomic mass is 16.6. The minimum absolute atomic E-state index is 0.00811. The number of carbonyl (C=O) groups excluding carboxylic acids is 3. The van der Waals surface area contributed by atoms with Crippen molar-refractivity contribution in [3.05, 3.63) is 189 Å². The van der Waals surface area contributed by atoms with E-state index in [-0.39, 0.29) is 68.8 Å². The molecule has 432 valence electrons. The molecule has 0 aliphatic carbocycles. The van der Waals surface area contributed by atoms with Gasteiger partial charge in [0.25, 0.3) is 11.8 Å². The predicted octanol–water partition coefficient (Wildman–Crippen LogP) is 6.20. The zero-order valence-corrected chi connectivity index (χ0v) is 47.4. The zero-order chi connectivity index (χ0) is 59.0. The van der Waals surface area contributed by atoms with Crippen molar-refractivity contribution in [3.8, 4) is 45.4 Å². The van der Waals surface area contributed by atoms with Crippen LogP contribution in [0.2, 0.25) is 0 Å². The fraction of sp³-hybridized carbons (Fsp3) is 0.328. The molecule has 2 aliphatic rings. The number of hydrogen-bond donors (Lipinski definition) is 5. The highest BCUT2D eigenvalue weighted by Crippen LogP contribution is 2.28. The Morgan fingerprint density at radius 1 is 0.651 bits per heavy atom. The largest absolute Gasteiger partial charge is 0.491 e. The van der Waals surface area contributed by atoms with Crippen LogP contribution in [-0.2, 0) is 44.0 Å². The van der Waals surface area contributed by atoms with Crippen molar-refractivity contribution in [3.63, 3.8) is 0 Å². The van der Waals surface area contributed by atoms with Gasteiger partial charge in [0.05, 0.1) is 58.9 Å². The molecular weight excluding hydrogens is 1060 g/mol. The lowest BCUT2D eigenvalue weighted by atomic mass is 10.0. The van der Waals surface area contributed by atoms with E-state index in [1.807, 2.05) is 68.4 Å². The quantitative estimate of drug-likeness (QED) is 0.0721. The van der Waals surface area contributed by atoms with Crippen LogP contribution in [0.5, 0.6) is 11.5 Å². The molecule has 5 N–H and O–H groups in total.